The molecule has 0 saturated heterocycles. The van der Waals surface area contributed by atoms with Crippen LogP contribution in [0.2, 0.25) is 0 Å². The molecule has 1 aliphatic carbocycles. The molecule has 1 fully saturated rings. The highest BCUT2D eigenvalue weighted by Crippen LogP contribution is 2.28. The molecular weight excluding hydrogens is 198 g/mol. The van der Waals surface area contributed by atoms with Crippen LogP contribution >= 0.6 is 0 Å². The Morgan fingerprint density at radius 1 is 1.50 bits per heavy atom. The van der Waals surface area contributed by atoms with Gasteiger partial charge in [-0.15, -0.1) is 0 Å². The first kappa shape index (κ1) is 11.6. The average Bonchev–Trinajstić information content (AvgIpc) is 2.88. The second-order valence-electron chi connectivity index (χ2n) is 5.00. The smallest absolute Gasteiger partial charge is 0.0560 e. The summed E-state index contributed by atoms with van der Waals surface area (Å²) in [5.74, 6) is 0.889. The molecule has 1 N–H and O–H groups in total. The maximum Gasteiger partial charge on any atom is 0.0560 e. The first-order valence-electron chi connectivity index (χ1n) is 6.53. The Kier molecular flexibility index (Phi) is 3.99. The molecule has 3 atom stereocenters. The van der Waals surface area contributed by atoms with Gasteiger partial charge in [-0.3, -0.25) is 4.68 Å². The van der Waals surface area contributed by atoms with Crippen molar-refractivity contribution in [2.24, 2.45) is 5.92 Å². The minimum Gasteiger partial charge on any atom is -0.309 e. The van der Waals surface area contributed by atoms with E-state index in [1.165, 1.54) is 25.7 Å². The summed E-state index contributed by atoms with van der Waals surface area (Å²) in [5, 5.41) is 8.00. The van der Waals surface area contributed by atoms with E-state index >= 15 is 0 Å². The van der Waals surface area contributed by atoms with Gasteiger partial charge in [0.2, 0.25) is 0 Å². The predicted molar refractivity (Wildman–Crippen MR) is 66.2 cm³/mol. The fraction of sp³-hybridized carbons (Fsp3) is 0.769. The van der Waals surface area contributed by atoms with E-state index in [-0.39, 0.29) is 0 Å². The van der Waals surface area contributed by atoms with Crippen LogP contribution in [-0.4, -0.2) is 21.9 Å². The van der Waals surface area contributed by atoms with E-state index in [0.717, 1.165) is 18.5 Å². The standard InChI is InChI=1S/C13H23N3/c1-3-12-6-4-7-13(12)15-11(2)10-16-9-5-8-14-16/h5,8-9,11-13,15H,3-4,6-7,10H2,1-2H3. The number of aromatic nitrogens is 2. The van der Waals surface area contributed by atoms with Crippen molar-refractivity contribution in [3.63, 3.8) is 0 Å². The van der Waals surface area contributed by atoms with Gasteiger partial charge in [0.15, 0.2) is 0 Å². The highest BCUT2D eigenvalue weighted by Gasteiger charge is 2.26. The fourth-order valence-electron chi connectivity index (χ4n) is 2.85. The number of hydrogen-bond acceptors (Lipinski definition) is 2. The van der Waals surface area contributed by atoms with Crippen LogP contribution in [0.5, 0.6) is 0 Å². The van der Waals surface area contributed by atoms with Gasteiger partial charge in [-0.2, -0.15) is 5.10 Å². The highest BCUT2D eigenvalue weighted by atomic mass is 15.3. The Morgan fingerprint density at radius 3 is 3.06 bits per heavy atom. The van der Waals surface area contributed by atoms with Gasteiger partial charge in [0.1, 0.15) is 0 Å². The van der Waals surface area contributed by atoms with E-state index < -0.39 is 0 Å². The average molecular weight is 221 g/mol. The summed E-state index contributed by atoms with van der Waals surface area (Å²) in [7, 11) is 0. The van der Waals surface area contributed by atoms with Gasteiger partial charge in [0, 0.05) is 24.5 Å². The molecule has 0 amide bonds. The van der Waals surface area contributed by atoms with Crippen LogP contribution < -0.4 is 5.32 Å². The summed E-state index contributed by atoms with van der Waals surface area (Å²) in [5.41, 5.74) is 0. The van der Waals surface area contributed by atoms with Crippen LogP contribution in [0.4, 0.5) is 0 Å². The van der Waals surface area contributed by atoms with Crippen molar-refractivity contribution in [1.29, 1.82) is 0 Å². The Morgan fingerprint density at radius 2 is 2.38 bits per heavy atom. The molecule has 3 heteroatoms. The molecule has 1 aromatic rings. The van der Waals surface area contributed by atoms with Gasteiger partial charge < -0.3 is 5.32 Å². The van der Waals surface area contributed by atoms with Gasteiger partial charge in [-0.05, 0) is 31.7 Å². The molecule has 0 spiro atoms. The third-order valence-corrected chi connectivity index (χ3v) is 3.70. The van der Waals surface area contributed by atoms with Crippen LogP contribution in [-0.2, 0) is 6.54 Å². The second-order valence-corrected chi connectivity index (χ2v) is 5.00. The van der Waals surface area contributed by atoms with Crippen LogP contribution in [0.1, 0.15) is 39.5 Å². The molecule has 90 valence electrons. The Balaban J connectivity index is 1.80. The highest BCUT2D eigenvalue weighted by molar-refractivity contribution is 4.85. The van der Waals surface area contributed by atoms with E-state index in [4.69, 9.17) is 0 Å². The van der Waals surface area contributed by atoms with E-state index in [1.54, 1.807) is 0 Å². The molecule has 1 heterocycles. The van der Waals surface area contributed by atoms with Crippen LogP contribution in [0.15, 0.2) is 18.5 Å². The van der Waals surface area contributed by atoms with Crippen molar-refractivity contribution in [1.82, 2.24) is 15.1 Å². The summed E-state index contributed by atoms with van der Waals surface area (Å²) in [4.78, 5) is 0. The summed E-state index contributed by atoms with van der Waals surface area (Å²) in [6, 6.07) is 3.23. The van der Waals surface area contributed by atoms with Crippen LogP contribution in [0.25, 0.3) is 0 Å². The molecule has 0 aliphatic heterocycles. The van der Waals surface area contributed by atoms with Crippen LogP contribution in [0.3, 0.4) is 0 Å². The number of hydrogen-bond donors (Lipinski definition) is 1. The quantitative estimate of drug-likeness (QED) is 0.827. The molecule has 0 bridgehead atoms. The monoisotopic (exact) mass is 221 g/mol. The van der Waals surface area contributed by atoms with Crippen molar-refractivity contribution in [3.05, 3.63) is 18.5 Å². The minimum absolute atomic E-state index is 0.511. The molecule has 1 aromatic heterocycles. The maximum absolute atomic E-state index is 4.25. The van der Waals surface area contributed by atoms with E-state index in [2.05, 4.69) is 24.3 Å². The largest absolute Gasteiger partial charge is 0.309 e. The van der Waals surface area contributed by atoms with Crippen molar-refractivity contribution in [2.75, 3.05) is 0 Å². The van der Waals surface area contributed by atoms with Crippen molar-refractivity contribution in [2.45, 2.75) is 58.2 Å². The topological polar surface area (TPSA) is 29.9 Å². The first-order valence-corrected chi connectivity index (χ1v) is 6.53. The number of rotatable bonds is 5. The number of nitrogens with zero attached hydrogens (tertiary/aromatic N) is 2. The SMILES string of the molecule is CCC1CCCC1NC(C)Cn1cccn1. The summed E-state index contributed by atoms with van der Waals surface area (Å²) in [6.07, 6.45) is 9.34. The van der Waals surface area contributed by atoms with Crippen molar-refractivity contribution < 1.29 is 0 Å². The molecule has 0 radical (unpaired) electrons. The first-order chi connectivity index (χ1) is 7.79. The lowest BCUT2D eigenvalue weighted by atomic mass is 10.00. The lowest BCUT2D eigenvalue weighted by molar-refractivity contribution is 0.333. The van der Waals surface area contributed by atoms with E-state index in [1.807, 2.05) is 23.1 Å². The van der Waals surface area contributed by atoms with Gasteiger partial charge in [0.25, 0.3) is 0 Å². The minimum atomic E-state index is 0.511. The molecule has 16 heavy (non-hydrogen) atoms. The normalized spacial score (nSPS) is 27.1. The van der Waals surface area contributed by atoms with Crippen molar-refractivity contribution in [3.8, 4) is 0 Å². The van der Waals surface area contributed by atoms with E-state index in [9.17, 15) is 0 Å². The van der Waals surface area contributed by atoms with Gasteiger partial charge >= 0.3 is 0 Å². The fourth-order valence-corrected chi connectivity index (χ4v) is 2.85. The van der Waals surface area contributed by atoms with Crippen LogP contribution in [0, 0.1) is 5.92 Å². The molecular formula is C13H23N3. The lowest BCUT2D eigenvalue weighted by Crippen LogP contribution is -2.40. The van der Waals surface area contributed by atoms with Gasteiger partial charge in [-0.25, -0.2) is 0 Å². The molecule has 0 aromatic carbocycles. The molecule has 3 unspecified atom stereocenters. The number of nitrogens with one attached hydrogen (secondary N) is 1. The van der Waals surface area contributed by atoms with Crippen molar-refractivity contribution >= 4 is 0 Å². The Hall–Kier alpha value is -0.830. The summed E-state index contributed by atoms with van der Waals surface area (Å²) < 4.78 is 2.01. The third-order valence-electron chi connectivity index (χ3n) is 3.70. The third kappa shape index (κ3) is 2.85. The Bertz CT molecular complexity index is 294. The summed E-state index contributed by atoms with van der Waals surface area (Å²) >= 11 is 0. The zero-order valence-electron chi connectivity index (χ0n) is 10.4. The molecule has 1 saturated carbocycles. The lowest BCUT2D eigenvalue weighted by Gasteiger charge is -2.24. The molecule has 3 nitrogen and oxygen atoms in total. The molecule has 2 rings (SSSR count). The van der Waals surface area contributed by atoms with Gasteiger partial charge in [-0.1, -0.05) is 19.8 Å². The Labute approximate surface area is 98.2 Å². The maximum atomic E-state index is 4.25. The zero-order chi connectivity index (χ0) is 11.4. The van der Waals surface area contributed by atoms with E-state index in [0.29, 0.717) is 6.04 Å². The predicted octanol–water partition coefficient (Wildman–Crippen LogP) is 2.44. The zero-order valence-corrected chi connectivity index (χ0v) is 10.4. The molecule has 1 aliphatic rings. The summed E-state index contributed by atoms with van der Waals surface area (Å²) in [6.45, 7) is 5.54. The van der Waals surface area contributed by atoms with Gasteiger partial charge in [0.05, 0.1) is 6.54 Å². The second kappa shape index (κ2) is 5.48.